The minimum Gasteiger partial charge on any atom is -0.461 e. The highest BCUT2D eigenvalue weighted by atomic mass is 16.6. The van der Waals surface area contributed by atoms with Gasteiger partial charge in [-0.1, -0.05) is 30.3 Å². The highest BCUT2D eigenvalue weighted by Gasteiger charge is 2.57. The number of rotatable bonds is 7. The predicted octanol–water partition coefficient (Wildman–Crippen LogP) is 1.65. The number of carbonyl (C=O) groups is 1. The van der Waals surface area contributed by atoms with Crippen LogP contribution in [-0.2, 0) is 9.53 Å². The lowest BCUT2D eigenvalue weighted by Crippen LogP contribution is -2.51. The van der Waals surface area contributed by atoms with Gasteiger partial charge in [0.25, 0.3) is 0 Å². The lowest BCUT2D eigenvalue weighted by atomic mass is 9.81. The summed E-state index contributed by atoms with van der Waals surface area (Å²) in [5.41, 5.74) is -1.87. The molecule has 0 amide bonds. The van der Waals surface area contributed by atoms with E-state index in [1.54, 1.807) is 18.2 Å². The molecule has 0 aliphatic carbocycles. The standard InChI is InChI=1S/C13H16N2O6/c1-3-21-12(16)13(2,15(19)20)11(9-14(17)18)10-7-5-4-6-8-10/h4-8,11H,3,9H2,1-2H3. The molecule has 0 radical (unpaired) electrons. The molecule has 1 rings (SSSR count). The lowest BCUT2D eigenvalue weighted by Gasteiger charge is -2.25. The number of carbonyl (C=O) groups excluding carboxylic acids is 1. The number of hydrogen-bond donors (Lipinski definition) is 0. The molecule has 0 saturated heterocycles. The van der Waals surface area contributed by atoms with E-state index >= 15 is 0 Å². The molecule has 8 heteroatoms. The maximum absolute atomic E-state index is 12.0. The zero-order chi connectivity index (χ0) is 16.0. The molecule has 0 bridgehead atoms. The van der Waals surface area contributed by atoms with E-state index in [2.05, 4.69) is 0 Å². The second-order valence-electron chi connectivity index (χ2n) is 4.60. The summed E-state index contributed by atoms with van der Waals surface area (Å²) in [6, 6.07) is 7.94. The number of nitro groups is 2. The molecule has 8 nitrogen and oxygen atoms in total. The zero-order valence-corrected chi connectivity index (χ0v) is 11.7. The van der Waals surface area contributed by atoms with Crippen LogP contribution in [0.25, 0.3) is 0 Å². The van der Waals surface area contributed by atoms with E-state index in [0.29, 0.717) is 5.56 Å². The van der Waals surface area contributed by atoms with Crippen LogP contribution in [0.1, 0.15) is 25.3 Å². The van der Waals surface area contributed by atoms with E-state index in [9.17, 15) is 25.0 Å². The minimum absolute atomic E-state index is 0.0394. The topological polar surface area (TPSA) is 113 Å². The van der Waals surface area contributed by atoms with Crippen molar-refractivity contribution >= 4 is 5.97 Å². The molecule has 0 heterocycles. The highest BCUT2D eigenvalue weighted by Crippen LogP contribution is 2.32. The SMILES string of the molecule is CCOC(=O)C(C)(C(C[N+](=O)[O-])c1ccccc1)[N+](=O)[O-]. The fourth-order valence-corrected chi connectivity index (χ4v) is 2.06. The van der Waals surface area contributed by atoms with Gasteiger partial charge in [-0.05, 0) is 12.5 Å². The van der Waals surface area contributed by atoms with Crippen molar-refractivity contribution in [3.05, 3.63) is 56.1 Å². The molecule has 114 valence electrons. The summed E-state index contributed by atoms with van der Waals surface area (Å²) < 4.78 is 4.75. The van der Waals surface area contributed by atoms with E-state index in [1.165, 1.54) is 19.1 Å². The van der Waals surface area contributed by atoms with E-state index in [1.807, 2.05) is 0 Å². The average molecular weight is 296 g/mol. The van der Waals surface area contributed by atoms with Crippen LogP contribution in [0.4, 0.5) is 0 Å². The summed E-state index contributed by atoms with van der Waals surface area (Å²) in [6.07, 6.45) is 0. The van der Waals surface area contributed by atoms with Crippen LogP contribution in [0.15, 0.2) is 30.3 Å². The first-order chi connectivity index (χ1) is 9.83. The minimum atomic E-state index is -2.22. The first-order valence-corrected chi connectivity index (χ1v) is 6.32. The van der Waals surface area contributed by atoms with Crippen LogP contribution in [-0.4, -0.2) is 34.5 Å². The quantitative estimate of drug-likeness (QED) is 0.429. The number of benzene rings is 1. The molecular weight excluding hydrogens is 280 g/mol. The number of esters is 1. The van der Waals surface area contributed by atoms with Crippen molar-refractivity contribution in [3.8, 4) is 0 Å². The Kier molecular flexibility index (Phi) is 5.34. The molecule has 0 aliphatic heterocycles. The molecule has 2 atom stereocenters. The second kappa shape index (κ2) is 6.78. The van der Waals surface area contributed by atoms with Gasteiger partial charge >= 0.3 is 11.5 Å². The van der Waals surface area contributed by atoms with E-state index in [-0.39, 0.29) is 6.61 Å². The summed E-state index contributed by atoms with van der Waals surface area (Å²) in [5, 5.41) is 22.3. The van der Waals surface area contributed by atoms with E-state index in [0.717, 1.165) is 6.92 Å². The van der Waals surface area contributed by atoms with Crippen molar-refractivity contribution in [1.29, 1.82) is 0 Å². The predicted molar refractivity (Wildman–Crippen MR) is 73.1 cm³/mol. The molecule has 0 saturated carbocycles. The van der Waals surface area contributed by atoms with Crippen LogP contribution in [0.3, 0.4) is 0 Å². The summed E-state index contributed by atoms with van der Waals surface area (Å²) in [6.45, 7) is 1.80. The monoisotopic (exact) mass is 296 g/mol. The maximum Gasteiger partial charge on any atom is 0.385 e. The molecule has 0 aliphatic rings. The van der Waals surface area contributed by atoms with Gasteiger partial charge < -0.3 is 4.74 Å². The number of nitrogens with zero attached hydrogens (tertiary/aromatic N) is 2. The van der Waals surface area contributed by atoms with Crippen molar-refractivity contribution < 1.29 is 19.4 Å². The lowest BCUT2D eigenvalue weighted by molar-refractivity contribution is -0.570. The highest BCUT2D eigenvalue weighted by molar-refractivity contribution is 5.80. The first-order valence-electron chi connectivity index (χ1n) is 6.32. The summed E-state index contributed by atoms with van der Waals surface area (Å²) in [4.78, 5) is 32.8. The van der Waals surface area contributed by atoms with Gasteiger partial charge in [0.05, 0.1) is 6.61 Å². The van der Waals surface area contributed by atoms with Crippen molar-refractivity contribution in [2.75, 3.05) is 13.2 Å². The summed E-state index contributed by atoms with van der Waals surface area (Å²) in [5.74, 6) is -2.30. The largest absolute Gasteiger partial charge is 0.461 e. The summed E-state index contributed by atoms with van der Waals surface area (Å²) in [7, 11) is 0. The fraction of sp³-hybridized carbons (Fsp3) is 0.462. The van der Waals surface area contributed by atoms with Crippen LogP contribution in [0.5, 0.6) is 0 Å². The third kappa shape index (κ3) is 3.53. The Balaban J connectivity index is 3.34. The Bertz CT molecular complexity index is 533. The molecular formula is C13H16N2O6. The van der Waals surface area contributed by atoms with Crippen molar-refractivity contribution in [1.82, 2.24) is 0 Å². The van der Waals surface area contributed by atoms with Gasteiger partial charge in [0.15, 0.2) is 0 Å². The first kappa shape index (κ1) is 16.5. The number of hydrogen-bond acceptors (Lipinski definition) is 6. The average Bonchev–Trinajstić information content (AvgIpc) is 2.44. The third-order valence-electron chi connectivity index (χ3n) is 3.28. The Morgan fingerprint density at radius 2 is 1.86 bits per heavy atom. The van der Waals surface area contributed by atoms with E-state index in [4.69, 9.17) is 4.74 Å². The van der Waals surface area contributed by atoms with Gasteiger partial charge in [-0.3, -0.25) is 20.2 Å². The molecule has 21 heavy (non-hydrogen) atoms. The van der Waals surface area contributed by atoms with Crippen LogP contribution >= 0.6 is 0 Å². The Morgan fingerprint density at radius 1 is 1.29 bits per heavy atom. The molecule has 0 fully saturated rings. The van der Waals surface area contributed by atoms with Gasteiger partial charge in [0.1, 0.15) is 5.92 Å². The molecule has 0 aromatic heterocycles. The van der Waals surface area contributed by atoms with Gasteiger partial charge in [0, 0.05) is 16.8 Å². The van der Waals surface area contributed by atoms with Gasteiger partial charge in [-0.25, -0.2) is 4.79 Å². The van der Waals surface area contributed by atoms with Crippen LogP contribution in [0, 0.1) is 20.2 Å². The van der Waals surface area contributed by atoms with Gasteiger partial charge in [0.2, 0.25) is 6.54 Å². The van der Waals surface area contributed by atoms with E-state index < -0.39 is 33.8 Å². The van der Waals surface area contributed by atoms with Crippen molar-refractivity contribution in [2.45, 2.75) is 25.3 Å². The normalized spacial score (nSPS) is 14.8. The smallest absolute Gasteiger partial charge is 0.385 e. The molecule has 2 unspecified atom stereocenters. The molecule has 1 aromatic carbocycles. The fourth-order valence-electron chi connectivity index (χ4n) is 2.06. The van der Waals surface area contributed by atoms with Crippen molar-refractivity contribution in [3.63, 3.8) is 0 Å². The Morgan fingerprint density at radius 3 is 2.29 bits per heavy atom. The number of ether oxygens (including phenoxy) is 1. The summed E-state index contributed by atoms with van der Waals surface area (Å²) >= 11 is 0. The van der Waals surface area contributed by atoms with Crippen molar-refractivity contribution in [2.24, 2.45) is 0 Å². The molecule has 0 N–H and O–H groups in total. The third-order valence-corrected chi connectivity index (χ3v) is 3.28. The maximum atomic E-state index is 12.0. The zero-order valence-electron chi connectivity index (χ0n) is 11.7. The Hall–Kier alpha value is -2.51. The van der Waals surface area contributed by atoms with Crippen LogP contribution < -0.4 is 0 Å². The molecule has 0 spiro atoms. The molecule has 1 aromatic rings. The van der Waals surface area contributed by atoms with Crippen LogP contribution in [0.2, 0.25) is 0 Å². The van der Waals surface area contributed by atoms with Gasteiger partial charge in [-0.2, -0.15) is 0 Å². The Labute approximate surface area is 121 Å². The van der Waals surface area contributed by atoms with Gasteiger partial charge in [-0.15, -0.1) is 0 Å². The second-order valence-corrected chi connectivity index (χ2v) is 4.60.